The van der Waals surface area contributed by atoms with Crippen LogP contribution in [0.15, 0.2) is 58.4 Å². The molecule has 156 valence electrons. The largest absolute Gasteiger partial charge is 0.490 e. The van der Waals surface area contributed by atoms with Gasteiger partial charge < -0.3 is 14.5 Å². The highest BCUT2D eigenvalue weighted by molar-refractivity contribution is 8.18. The molecule has 1 fully saturated rings. The number of nitrogens with zero attached hydrogens (tertiary/aromatic N) is 3. The molecule has 0 atom stereocenters. The van der Waals surface area contributed by atoms with Crippen molar-refractivity contribution in [1.29, 1.82) is 0 Å². The van der Waals surface area contributed by atoms with Crippen LogP contribution in [0.4, 0.5) is 5.69 Å². The van der Waals surface area contributed by atoms with Crippen LogP contribution in [0.1, 0.15) is 19.4 Å². The molecule has 5 nitrogen and oxygen atoms in total. The van der Waals surface area contributed by atoms with E-state index in [-0.39, 0.29) is 12.0 Å². The summed E-state index contributed by atoms with van der Waals surface area (Å²) in [6, 6.07) is 15.7. The second-order valence-corrected chi connectivity index (χ2v) is 8.91. The van der Waals surface area contributed by atoms with Crippen LogP contribution in [0.25, 0.3) is 6.08 Å². The summed E-state index contributed by atoms with van der Waals surface area (Å²) in [5, 5.41) is 1.52. The van der Waals surface area contributed by atoms with Crippen LogP contribution in [0, 0.1) is 0 Å². The molecule has 0 unspecified atom stereocenters. The first-order valence-corrected chi connectivity index (χ1v) is 11.2. The number of halogens is 1. The normalized spacial score (nSPS) is 18.3. The number of hydrogen-bond donors (Lipinski definition) is 0. The number of thioether (sulfide) groups is 1. The molecule has 2 aliphatic rings. The number of carbonyl (C=O) groups is 1. The third-order valence-corrected chi connectivity index (χ3v) is 6.18. The first-order chi connectivity index (χ1) is 14.5. The van der Waals surface area contributed by atoms with Gasteiger partial charge in [-0.05, 0) is 56.0 Å². The number of amidine groups is 1. The van der Waals surface area contributed by atoms with Crippen LogP contribution in [0.2, 0.25) is 5.02 Å². The minimum absolute atomic E-state index is 0.0686. The number of anilines is 1. The van der Waals surface area contributed by atoms with Gasteiger partial charge in [-0.3, -0.25) is 4.79 Å². The molecule has 2 aliphatic heterocycles. The topological polar surface area (TPSA) is 45.1 Å². The highest BCUT2D eigenvalue weighted by atomic mass is 35.5. The number of ether oxygens (including phenoxy) is 1. The molecule has 0 N–H and O–H groups in total. The Morgan fingerprint density at radius 3 is 2.53 bits per heavy atom. The minimum Gasteiger partial charge on any atom is -0.490 e. The molecule has 0 spiro atoms. The van der Waals surface area contributed by atoms with Crippen molar-refractivity contribution in [2.75, 3.05) is 31.1 Å². The molecule has 2 aromatic rings. The molecule has 0 aliphatic carbocycles. The van der Waals surface area contributed by atoms with Gasteiger partial charge in [0, 0.05) is 42.5 Å². The lowest BCUT2D eigenvalue weighted by molar-refractivity contribution is -0.113. The summed E-state index contributed by atoms with van der Waals surface area (Å²) in [5.41, 5.74) is 2.02. The van der Waals surface area contributed by atoms with E-state index in [1.807, 2.05) is 62.4 Å². The van der Waals surface area contributed by atoms with Gasteiger partial charge in [-0.1, -0.05) is 35.9 Å². The van der Waals surface area contributed by atoms with Gasteiger partial charge in [0.15, 0.2) is 5.17 Å². The van der Waals surface area contributed by atoms with E-state index < -0.39 is 0 Å². The molecule has 30 heavy (non-hydrogen) atoms. The lowest BCUT2D eigenvalue weighted by atomic mass is 10.2. The zero-order valence-electron chi connectivity index (χ0n) is 17.0. The Labute approximate surface area is 186 Å². The van der Waals surface area contributed by atoms with Gasteiger partial charge in [-0.15, -0.1) is 0 Å². The Morgan fingerprint density at radius 2 is 1.80 bits per heavy atom. The van der Waals surface area contributed by atoms with E-state index in [0.29, 0.717) is 4.91 Å². The maximum Gasteiger partial charge on any atom is 0.286 e. The van der Waals surface area contributed by atoms with Crippen LogP contribution in [0.3, 0.4) is 0 Å². The second kappa shape index (κ2) is 9.14. The second-order valence-electron chi connectivity index (χ2n) is 7.47. The summed E-state index contributed by atoms with van der Waals surface area (Å²) in [5.74, 6) is 0.587. The Bertz CT molecular complexity index is 997. The van der Waals surface area contributed by atoms with Gasteiger partial charge in [0.25, 0.3) is 5.91 Å². The zero-order chi connectivity index (χ0) is 21.1. The van der Waals surface area contributed by atoms with Crippen molar-refractivity contribution in [3.05, 3.63) is 64.0 Å². The van der Waals surface area contributed by atoms with Crippen LogP contribution >= 0.6 is 23.4 Å². The van der Waals surface area contributed by atoms with Gasteiger partial charge in [0.1, 0.15) is 5.75 Å². The lowest BCUT2D eigenvalue weighted by Crippen LogP contribution is -2.47. The summed E-state index contributed by atoms with van der Waals surface area (Å²) in [4.78, 5) is 21.9. The SMILES string of the molecule is CC(C)Oc1ccccc1C=C1SC(N2CCN(c3cccc(Cl)c3)CC2)=NC1=O. The lowest BCUT2D eigenvalue weighted by Gasteiger charge is -2.36. The Balaban J connectivity index is 1.42. The van der Waals surface area contributed by atoms with E-state index in [0.717, 1.165) is 53.4 Å². The van der Waals surface area contributed by atoms with Crippen molar-refractivity contribution in [3.8, 4) is 5.75 Å². The van der Waals surface area contributed by atoms with E-state index in [2.05, 4.69) is 20.9 Å². The van der Waals surface area contributed by atoms with Crippen molar-refractivity contribution < 1.29 is 9.53 Å². The van der Waals surface area contributed by atoms with Crippen LogP contribution in [-0.4, -0.2) is 48.3 Å². The van der Waals surface area contributed by atoms with Gasteiger partial charge in [-0.25, -0.2) is 0 Å². The molecular weight excluding hydrogens is 418 g/mol. The molecule has 0 bridgehead atoms. The average Bonchev–Trinajstić information content (AvgIpc) is 3.09. The predicted molar refractivity (Wildman–Crippen MR) is 125 cm³/mol. The summed E-state index contributed by atoms with van der Waals surface area (Å²) in [7, 11) is 0. The number of hydrogen-bond acceptors (Lipinski definition) is 5. The van der Waals surface area contributed by atoms with E-state index in [1.54, 1.807) is 0 Å². The molecule has 7 heteroatoms. The Hall–Kier alpha value is -2.44. The molecule has 0 saturated carbocycles. The first kappa shape index (κ1) is 20.8. The summed E-state index contributed by atoms with van der Waals surface area (Å²) < 4.78 is 5.87. The van der Waals surface area contributed by atoms with Gasteiger partial charge in [-0.2, -0.15) is 4.99 Å². The third-order valence-electron chi connectivity index (χ3n) is 4.90. The van der Waals surface area contributed by atoms with E-state index in [4.69, 9.17) is 16.3 Å². The number of aliphatic imine (C=N–C) groups is 1. The predicted octanol–water partition coefficient (Wildman–Crippen LogP) is 4.92. The maximum absolute atomic E-state index is 12.5. The monoisotopic (exact) mass is 441 g/mol. The zero-order valence-corrected chi connectivity index (χ0v) is 18.6. The quantitative estimate of drug-likeness (QED) is 0.630. The average molecular weight is 442 g/mol. The number of para-hydroxylation sites is 1. The van der Waals surface area contributed by atoms with Gasteiger partial charge in [0.05, 0.1) is 11.0 Å². The van der Waals surface area contributed by atoms with Crippen molar-refractivity contribution in [2.24, 2.45) is 4.99 Å². The smallest absolute Gasteiger partial charge is 0.286 e. The summed E-state index contributed by atoms with van der Waals surface area (Å²) in [6.45, 7) is 7.32. The number of amides is 1. The van der Waals surface area contributed by atoms with Crippen molar-refractivity contribution >= 4 is 46.2 Å². The molecule has 0 radical (unpaired) electrons. The first-order valence-electron chi connectivity index (χ1n) is 10.0. The molecule has 4 rings (SSSR count). The van der Waals surface area contributed by atoms with Gasteiger partial charge in [0.2, 0.25) is 0 Å². The fourth-order valence-corrected chi connectivity index (χ4v) is 4.60. The third kappa shape index (κ3) is 4.82. The number of piperazine rings is 1. The number of carbonyl (C=O) groups excluding carboxylic acids is 1. The van der Waals surface area contributed by atoms with Crippen molar-refractivity contribution in [1.82, 2.24) is 4.90 Å². The van der Waals surface area contributed by atoms with E-state index >= 15 is 0 Å². The van der Waals surface area contributed by atoms with Crippen LogP contribution in [0.5, 0.6) is 5.75 Å². The van der Waals surface area contributed by atoms with Crippen molar-refractivity contribution in [3.63, 3.8) is 0 Å². The molecule has 2 aromatic carbocycles. The molecule has 0 aromatic heterocycles. The summed E-state index contributed by atoms with van der Waals surface area (Å²) in [6.07, 6.45) is 1.95. The summed E-state index contributed by atoms with van der Waals surface area (Å²) >= 11 is 7.56. The van der Waals surface area contributed by atoms with Gasteiger partial charge >= 0.3 is 0 Å². The molecule has 2 heterocycles. The van der Waals surface area contributed by atoms with Crippen LogP contribution < -0.4 is 9.64 Å². The fourth-order valence-electron chi connectivity index (χ4n) is 3.46. The molecule has 1 amide bonds. The number of benzene rings is 2. The van der Waals surface area contributed by atoms with Crippen molar-refractivity contribution in [2.45, 2.75) is 20.0 Å². The van der Waals surface area contributed by atoms with E-state index in [1.165, 1.54) is 11.8 Å². The number of rotatable bonds is 4. The minimum atomic E-state index is -0.188. The standard InChI is InChI=1S/C23H24ClN3O2S/c1-16(2)29-20-9-4-3-6-17(20)14-21-22(28)25-23(30-21)27-12-10-26(11-13-27)19-8-5-7-18(24)15-19/h3-9,14-16H,10-13H2,1-2H3. The fraction of sp³-hybridized carbons (Fsp3) is 0.304. The molecule has 1 saturated heterocycles. The highest BCUT2D eigenvalue weighted by Gasteiger charge is 2.28. The van der Waals surface area contributed by atoms with E-state index in [9.17, 15) is 4.79 Å². The Morgan fingerprint density at radius 1 is 1.07 bits per heavy atom. The highest BCUT2D eigenvalue weighted by Crippen LogP contribution is 2.33. The Kier molecular flexibility index (Phi) is 6.35. The van der Waals surface area contributed by atoms with Crippen LogP contribution in [-0.2, 0) is 4.79 Å². The maximum atomic E-state index is 12.5. The molecular formula is C23H24ClN3O2S.